The van der Waals surface area contributed by atoms with Gasteiger partial charge in [-0.3, -0.25) is 0 Å². The highest BCUT2D eigenvalue weighted by Gasteiger charge is 2.26. The third kappa shape index (κ3) is 2.68. The third-order valence-corrected chi connectivity index (χ3v) is 4.40. The number of sulfone groups is 1. The van der Waals surface area contributed by atoms with Crippen LogP contribution >= 0.6 is 0 Å². The van der Waals surface area contributed by atoms with Crippen molar-refractivity contribution in [3.05, 3.63) is 5.82 Å². The van der Waals surface area contributed by atoms with Crippen LogP contribution in [0.3, 0.4) is 0 Å². The average Bonchev–Trinajstić information content (AvgIpc) is 2.49. The third-order valence-electron chi connectivity index (χ3n) is 2.51. The van der Waals surface area contributed by atoms with Gasteiger partial charge in [0.15, 0.2) is 15.7 Å². The molecule has 0 bridgehead atoms. The molecule has 1 aromatic heterocycles. The predicted molar refractivity (Wildman–Crippen MR) is 53.8 cm³/mol. The summed E-state index contributed by atoms with van der Waals surface area (Å²) in [5.74, 6) is 1.12. The zero-order valence-corrected chi connectivity index (χ0v) is 9.03. The summed E-state index contributed by atoms with van der Waals surface area (Å²) < 4.78 is 27.4. The molecule has 1 fully saturated rings. The van der Waals surface area contributed by atoms with Crippen LogP contribution in [0, 0.1) is 5.92 Å². The normalized spacial score (nSPS) is 25.2. The van der Waals surface area contributed by atoms with E-state index in [0.29, 0.717) is 18.0 Å². The first-order chi connectivity index (χ1) is 7.05. The molecule has 0 amide bonds. The quantitative estimate of drug-likeness (QED) is 0.770. The highest BCUT2D eigenvalue weighted by atomic mass is 32.2. The second-order valence-electron chi connectivity index (χ2n) is 3.88. The van der Waals surface area contributed by atoms with E-state index in [1.807, 2.05) is 0 Å². The van der Waals surface area contributed by atoms with Gasteiger partial charge in [0.1, 0.15) is 0 Å². The number of nitrogens with zero attached hydrogens (tertiary/aromatic N) is 2. The molecule has 84 valence electrons. The molecule has 1 aliphatic rings. The SMILES string of the molecule is Nc1nc(CC2CCCS(=O)(=O)C2)no1. The van der Waals surface area contributed by atoms with Crippen molar-refractivity contribution >= 4 is 15.9 Å². The Labute approximate surface area is 87.8 Å². The van der Waals surface area contributed by atoms with Crippen molar-refractivity contribution in [2.75, 3.05) is 17.2 Å². The van der Waals surface area contributed by atoms with E-state index in [4.69, 9.17) is 5.73 Å². The lowest BCUT2D eigenvalue weighted by molar-refractivity contribution is 0.412. The maximum Gasteiger partial charge on any atom is 0.318 e. The number of hydrogen-bond acceptors (Lipinski definition) is 6. The molecule has 7 heteroatoms. The molecule has 0 saturated carbocycles. The van der Waals surface area contributed by atoms with Gasteiger partial charge in [0.2, 0.25) is 0 Å². The Morgan fingerprint density at radius 2 is 2.33 bits per heavy atom. The van der Waals surface area contributed by atoms with E-state index < -0.39 is 9.84 Å². The predicted octanol–water partition coefficient (Wildman–Crippen LogP) is 0.0191. The van der Waals surface area contributed by atoms with Crippen molar-refractivity contribution in [2.45, 2.75) is 19.3 Å². The lowest BCUT2D eigenvalue weighted by Crippen LogP contribution is -2.26. The number of nitrogen functional groups attached to an aromatic ring is 1. The monoisotopic (exact) mass is 231 g/mol. The average molecular weight is 231 g/mol. The number of nitrogens with two attached hydrogens (primary N) is 1. The van der Waals surface area contributed by atoms with E-state index in [-0.39, 0.29) is 17.7 Å². The molecule has 1 aromatic rings. The molecule has 0 radical (unpaired) electrons. The maximum atomic E-state index is 11.4. The molecule has 0 aromatic carbocycles. The Morgan fingerprint density at radius 1 is 1.53 bits per heavy atom. The molecule has 6 nitrogen and oxygen atoms in total. The van der Waals surface area contributed by atoms with Gasteiger partial charge in [-0.05, 0) is 18.8 Å². The topological polar surface area (TPSA) is 99.1 Å². The van der Waals surface area contributed by atoms with Crippen LogP contribution in [0.25, 0.3) is 0 Å². The molecule has 1 unspecified atom stereocenters. The zero-order valence-electron chi connectivity index (χ0n) is 8.22. The lowest BCUT2D eigenvalue weighted by Gasteiger charge is -2.20. The highest BCUT2D eigenvalue weighted by Crippen LogP contribution is 2.21. The largest absolute Gasteiger partial charge is 0.351 e. The van der Waals surface area contributed by atoms with E-state index in [1.54, 1.807) is 0 Å². The van der Waals surface area contributed by atoms with Crippen LogP contribution in [-0.4, -0.2) is 30.1 Å². The van der Waals surface area contributed by atoms with Gasteiger partial charge in [-0.2, -0.15) is 4.98 Å². The number of rotatable bonds is 2. The van der Waals surface area contributed by atoms with E-state index in [1.165, 1.54) is 0 Å². The molecule has 0 aliphatic carbocycles. The van der Waals surface area contributed by atoms with E-state index in [0.717, 1.165) is 12.8 Å². The Kier molecular flexibility index (Phi) is 2.64. The number of hydrogen-bond donors (Lipinski definition) is 1. The minimum atomic E-state index is -2.86. The van der Waals surface area contributed by atoms with Crippen LogP contribution in [0.15, 0.2) is 4.52 Å². The van der Waals surface area contributed by atoms with Crippen molar-refractivity contribution in [2.24, 2.45) is 5.92 Å². The van der Waals surface area contributed by atoms with Gasteiger partial charge in [-0.25, -0.2) is 8.42 Å². The molecule has 2 N–H and O–H groups in total. The molecule has 0 spiro atoms. The molecule has 2 heterocycles. The smallest absolute Gasteiger partial charge is 0.318 e. The Bertz CT molecular complexity index is 440. The van der Waals surface area contributed by atoms with Crippen molar-refractivity contribution < 1.29 is 12.9 Å². The van der Waals surface area contributed by atoms with E-state index in [2.05, 4.69) is 14.7 Å². The minimum absolute atomic E-state index is 0.0312. The molecular weight excluding hydrogens is 218 g/mol. The van der Waals surface area contributed by atoms with Crippen LogP contribution in [-0.2, 0) is 16.3 Å². The molecule has 1 saturated heterocycles. The molecule has 1 atom stereocenters. The first-order valence-electron chi connectivity index (χ1n) is 4.84. The summed E-state index contributed by atoms with van der Waals surface area (Å²) in [6.07, 6.45) is 2.15. The molecular formula is C8H13N3O3S. The van der Waals surface area contributed by atoms with Gasteiger partial charge in [-0.15, -0.1) is 0 Å². The summed E-state index contributed by atoms with van der Waals surface area (Å²) in [6.45, 7) is 0. The fourth-order valence-electron chi connectivity index (χ4n) is 1.89. The van der Waals surface area contributed by atoms with Gasteiger partial charge >= 0.3 is 6.01 Å². The van der Waals surface area contributed by atoms with E-state index in [9.17, 15) is 8.42 Å². The summed E-state index contributed by atoms with van der Waals surface area (Å²) in [4.78, 5) is 3.86. The second kappa shape index (κ2) is 3.80. The molecule has 15 heavy (non-hydrogen) atoms. The van der Waals surface area contributed by atoms with Crippen molar-refractivity contribution in [1.82, 2.24) is 10.1 Å². The van der Waals surface area contributed by atoms with Gasteiger partial charge in [-0.1, -0.05) is 5.16 Å². The van der Waals surface area contributed by atoms with Crippen LogP contribution in [0.5, 0.6) is 0 Å². The summed E-state index contributed by atoms with van der Waals surface area (Å²) in [5.41, 5.74) is 5.28. The van der Waals surface area contributed by atoms with Gasteiger partial charge in [0.05, 0.1) is 11.5 Å². The van der Waals surface area contributed by atoms with Crippen molar-refractivity contribution in [1.29, 1.82) is 0 Å². The molecule has 2 rings (SSSR count). The summed E-state index contributed by atoms with van der Waals surface area (Å²) >= 11 is 0. The highest BCUT2D eigenvalue weighted by molar-refractivity contribution is 7.91. The first-order valence-corrected chi connectivity index (χ1v) is 6.66. The first kappa shape index (κ1) is 10.4. The van der Waals surface area contributed by atoms with Gasteiger partial charge < -0.3 is 10.3 Å². The summed E-state index contributed by atoms with van der Waals surface area (Å²) in [5, 5.41) is 3.65. The summed E-state index contributed by atoms with van der Waals surface area (Å²) in [6, 6.07) is 0.0312. The Morgan fingerprint density at radius 3 is 2.93 bits per heavy atom. The Hall–Kier alpha value is -1.11. The van der Waals surface area contributed by atoms with Crippen LogP contribution in [0.4, 0.5) is 6.01 Å². The number of aromatic nitrogens is 2. The van der Waals surface area contributed by atoms with Crippen LogP contribution in [0.1, 0.15) is 18.7 Å². The number of anilines is 1. The maximum absolute atomic E-state index is 11.4. The Balaban J connectivity index is 2.01. The fourth-order valence-corrected chi connectivity index (χ4v) is 3.66. The molecule has 1 aliphatic heterocycles. The van der Waals surface area contributed by atoms with Gasteiger partial charge in [0.25, 0.3) is 0 Å². The lowest BCUT2D eigenvalue weighted by atomic mass is 10.0. The van der Waals surface area contributed by atoms with E-state index >= 15 is 0 Å². The van der Waals surface area contributed by atoms with Crippen LogP contribution < -0.4 is 5.73 Å². The van der Waals surface area contributed by atoms with Crippen LogP contribution in [0.2, 0.25) is 0 Å². The second-order valence-corrected chi connectivity index (χ2v) is 6.10. The summed E-state index contributed by atoms with van der Waals surface area (Å²) in [7, 11) is -2.86. The zero-order chi connectivity index (χ0) is 10.9. The van der Waals surface area contributed by atoms with Crippen molar-refractivity contribution in [3.8, 4) is 0 Å². The standard InChI is InChI=1S/C8H13N3O3S/c9-8-10-7(11-14-8)4-6-2-1-3-15(12,13)5-6/h6H,1-5H2,(H2,9,10,11). The van der Waals surface area contributed by atoms with Crippen molar-refractivity contribution in [3.63, 3.8) is 0 Å². The van der Waals surface area contributed by atoms with Gasteiger partial charge in [0, 0.05) is 6.42 Å². The fraction of sp³-hybridized carbons (Fsp3) is 0.750. The minimum Gasteiger partial charge on any atom is -0.351 e.